The molecule has 0 fully saturated rings. The Hall–Kier alpha value is -2.07. The van der Waals surface area contributed by atoms with E-state index >= 15 is 0 Å². The molecule has 0 saturated carbocycles. The first kappa shape index (κ1) is 12.0. The lowest BCUT2D eigenvalue weighted by molar-refractivity contribution is 0.796. The molecule has 0 spiro atoms. The summed E-state index contributed by atoms with van der Waals surface area (Å²) in [4.78, 5) is 8.76. The molecule has 0 saturated heterocycles. The number of benzene rings is 1. The molecule has 19 heavy (non-hydrogen) atoms. The summed E-state index contributed by atoms with van der Waals surface area (Å²) < 4.78 is 2.11. The van der Waals surface area contributed by atoms with Gasteiger partial charge in [-0.2, -0.15) is 0 Å². The first-order valence-corrected chi connectivity index (χ1v) is 6.43. The summed E-state index contributed by atoms with van der Waals surface area (Å²) in [5.41, 5.74) is 9.27. The van der Waals surface area contributed by atoms with E-state index in [0.29, 0.717) is 10.7 Å². The summed E-state index contributed by atoms with van der Waals surface area (Å²) in [6.07, 6.45) is 3.39. The number of aromatic nitrogens is 3. The minimum absolute atomic E-state index is 0.630. The lowest BCUT2D eigenvalue weighted by Crippen LogP contribution is -1.98. The van der Waals surface area contributed by atoms with Crippen molar-refractivity contribution in [2.75, 3.05) is 5.73 Å². The van der Waals surface area contributed by atoms with Crippen molar-refractivity contribution in [1.82, 2.24) is 14.5 Å². The van der Waals surface area contributed by atoms with Crippen LogP contribution in [0.5, 0.6) is 0 Å². The van der Waals surface area contributed by atoms with Crippen molar-refractivity contribution in [1.29, 1.82) is 0 Å². The minimum Gasteiger partial charge on any atom is -0.397 e. The quantitative estimate of drug-likeness (QED) is 0.778. The number of nitrogens with zero attached hydrogens (tertiary/aromatic N) is 3. The molecule has 0 unspecified atom stereocenters. The van der Waals surface area contributed by atoms with Crippen molar-refractivity contribution in [3.63, 3.8) is 0 Å². The van der Waals surface area contributed by atoms with Crippen LogP contribution in [0.2, 0.25) is 5.02 Å². The zero-order chi connectivity index (χ0) is 13.4. The Morgan fingerprint density at radius 2 is 2.11 bits per heavy atom. The van der Waals surface area contributed by atoms with Crippen LogP contribution in [0, 0.1) is 0 Å². The molecule has 0 radical (unpaired) electrons. The fourth-order valence-corrected chi connectivity index (χ4v) is 2.38. The number of nitrogens with two attached hydrogens (primary N) is 1. The Morgan fingerprint density at radius 1 is 1.26 bits per heavy atom. The van der Waals surface area contributed by atoms with Crippen molar-refractivity contribution < 1.29 is 0 Å². The maximum Gasteiger partial charge on any atom is 0.142 e. The molecule has 5 heteroatoms. The Balaban J connectivity index is 2.29. The second-order valence-electron chi connectivity index (χ2n) is 4.32. The monoisotopic (exact) mass is 272 g/mol. The first-order valence-electron chi connectivity index (χ1n) is 6.05. The van der Waals surface area contributed by atoms with Gasteiger partial charge in [0.25, 0.3) is 0 Å². The zero-order valence-corrected chi connectivity index (χ0v) is 11.2. The molecule has 0 bridgehead atoms. The third-order valence-electron chi connectivity index (χ3n) is 3.04. The largest absolute Gasteiger partial charge is 0.397 e. The number of anilines is 1. The van der Waals surface area contributed by atoms with Gasteiger partial charge in [0.15, 0.2) is 0 Å². The molecule has 96 valence electrons. The van der Waals surface area contributed by atoms with Gasteiger partial charge in [0.05, 0.1) is 16.7 Å². The third-order valence-corrected chi connectivity index (χ3v) is 3.28. The number of imidazole rings is 1. The average Bonchev–Trinajstić information content (AvgIpc) is 2.76. The summed E-state index contributed by atoms with van der Waals surface area (Å²) in [6, 6.07) is 7.57. The van der Waals surface area contributed by atoms with Gasteiger partial charge in [-0.05, 0) is 31.2 Å². The van der Waals surface area contributed by atoms with Crippen molar-refractivity contribution in [3.8, 4) is 11.4 Å². The minimum atomic E-state index is 0.630. The van der Waals surface area contributed by atoms with Crippen LogP contribution < -0.4 is 5.73 Å². The van der Waals surface area contributed by atoms with Gasteiger partial charge in [-0.15, -0.1) is 0 Å². The van der Waals surface area contributed by atoms with E-state index in [-0.39, 0.29) is 0 Å². The molecule has 2 heterocycles. The fraction of sp³-hybridized carbons (Fsp3) is 0.143. The molecule has 1 aromatic carbocycles. The number of rotatable bonds is 2. The lowest BCUT2D eigenvalue weighted by Gasteiger charge is -2.06. The third kappa shape index (κ3) is 2.04. The van der Waals surface area contributed by atoms with Crippen molar-refractivity contribution in [2.24, 2.45) is 0 Å². The second-order valence-corrected chi connectivity index (χ2v) is 4.76. The van der Waals surface area contributed by atoms with Crippen molar-refractivity contribution in [3.05, 3.63) is 41.7 Å². The molecule has 0 aliphatic heterocycles. The normalized spacial score (nSPS) is 11.1. The van der Waals surface area contributed by atoms with E-state index in [1.807, 2.05) is 24.3 Å². The maximum atomic E-state index is 6.05. The van der Waals surface area contributed by atoms with Gasteiger partial charge in [0.2, 0.25) is 0 Å². The molecule has 0 atom stereocenters. The molecule has 4 nitrogen and oxygen atoms in total. The highest BCUT2D eigenvalue weighted by Crippen LogP contribution is 2.27. The molecule has 2 aromatic heterocycles. The van der Waals surface area contributed by atoms with E-state index in [9.17, 15) is 0 Å². The van der Waals surface area contributed by atoms with Crippen LogP contribution in [0.15, 0.2) is 36.7 Å². The molecule has 3 rings (SSSR count). The Morgan fingerprint density at radius 3 is 2.84 bits per heavy atom. The second kappa shape index (κ2) is 4.55. The summed E-state index contributed by atoms with van der Waals surface area (Å²) in [5.74, 6) is 0.861. The van der Waals surface area contributed by atoms with Crippen LogP contribution in [0.4, 0.5) is 5.69 Å². The summed E-state index contributed by atoms with van der Waals surface area (Å²) in [5, 5.41) is 0.708. The Bertz CT molecular complexity index is 748. The smallest absolute Gasteiger partial charge is 0.142 e. The van der Waals surface area contributed by atoms with E-state index in [2.05, 4.69) is 21.5 Å². The van der Waals surface area contributed by atoms with Gasteiger partial charge in [-0.25, -0.2) is 4.98 Å². The number of pyridine rings is 1. The topological polar surface area (TPSA) is 56.7 Å². The first-order chi connectivity index (χ1) is 9.19. The number of nitrogen functional groups attached to an aromatic ring is 1. The number of halogens is 1. The van der Waals surface area contributed by atoms with Gasteiger partial charge in [-0.1, -0.05) is 11.6 Å². The van der Waals surface area contributed by atoms with Crippen molar-refractivity contribution in [2.45, 2.75) is 13.5 Å². The molecule has 0 amide bonds. The van der Waals surface area contributed by atoms with E-state index in [1.54, 1.807) is 12.4 Å². The standard InChI is InChI=1S/C14H13ClN4/c1-2-19-13-6-10(15)3-4-12(13)18-14(19)9-5-11(16)8-17-7-9/h3-8H,2,16H2,1H3. The van der Waals surface area contributed by atoms with E-state index < -0.39 is 0 Å². The Kier molecular flexibility index (Phi) is 2.87. The van der Waals surface area contributed by atoms with Crippen LogP contribution in [-0.4, -0.2) is 14.5 Å². The molecular formula is C14H13ClN4. The molecule has 0 aliphatic carbocycles. The highest BCUT2D eigenvalue weighted by Gasteiger charge is 2.12. The highest BCUT2D eigenvalue weighted by molar-refractivity contribution is 6.31. The van der Waals surface area contributed by atoms with E-state index in [4.69, 9.17) is 17.3 Å². The van der Waals surface area contributed by atoms with Crippen LogP contribution >= 0.6 is 11.6 Å². The predicted molar refractivity (Wildman–Crippen MR) is 78.1 cm³/mol. The molecular weight excluding hydrogens is 260 g/mol. The number of aryl methyl sites for hydroxylation is 1. The van der Waals surface area contributed by atoms with Crippen LogP contribution in [0.1, 0.15) is 6.92 Å². The highest BCUT2D eigenvalue weighted by atomic mass is 35.5. The van der Waals surface area contributed by atoms with Crippen LogP contribution in [0.25, 0.3) is 22.4 Å². The van der Waals surface area contributed by atoms with E-state index in [1.165, 1.54) is 0 Å². The fourth-order valence-electron chi connectivity index (χ4n) is 2.22. The Labute approximate surface area is 115 Å². The molecule has 3 aromatic rings. The molecule has 0 aliphatic rings. The summed E-state index contributed by atoms with van der Waals surface area (Å²) in [7, 11) is 0. The average molecular weight is 273 g/mol. The molecule has 2 N–H and O–H groups in total. The number of fused-ring (bicyclic) bond motifs is 1. The van der Waals surface area contributed by atoms with Gasteiger partial charge in [0.1, 0.15) is 5.82 Å². The van der Waals surface area contributed by atoms with Gasteiger partial charge < -0.3 is 10.3 Å². The number of hydrogen-bond donors (Lipinski definition) is 1. The van der Waals surface area contributed by atoms with Gasteiger partial charge in [-0.3, -0.25) is 4.98 Å². The zero-order valence-electron chi connectivity index (χ0n) is 10.5. The van der Waals surface area contributed by atoms with Gasteiger partial charge >= 0.3 is 0 Å². The van der Waals surface area contributed by atoms with E-state index in [0.717, 1.165) is 29.0 Å². The van der Waals surface area contributed by atoms with Crippen LogP contribution in [-0.2, 0) is 6.54 Å². The van der Waals surface area contributed by atoms with Gasteiger partial charge in [0, 0.05) is 29.5 Å². The predicted octanol–water partition coefficient (Wildman–Crippen LogP) is 3.35. The van der Waals surface area contributed by atoms with Crippen LogP contribution in [0.3, 0.4) is 0 Å². The van der Waals surface area contributed by atoms with Crippen molar-refractivity contribution >= 4 is 28.3 Å². The SMILES string of the molecule is CCn1c(-c2cncc(N)c2)nc2ccc(Cl)cc21. The lowest BCUT2D eigenvalue weighted by atomic mass is 10.2. The summed E-state index contributed by atoms with van der Waals surface area (Å²) in [6.45, 7) is 2.88. The maximum absolute atomic E-state index is 6.05. The number of hydrogen-bond acceptors (Lipinski definition) is 3. The summed E-state index contributed by atoms with van der Waals surface area (Å²) >= 11 is 6.05.